The number of hydrogen-bond acceptors (Lipinski definition) is 2. The molecule has 1 aliphatic carbocycles. The largest absolute Gasteiger partial charge is 0.326 e. The van der Waals surface area contributed by atoms with Gasteiger partial charge in [0, 0.05) is 18.1 Å². The Balaban J connectivity index is 2.26. The van der Waals surface area contributed by atoms with Crippen LogP contribution in [0.15, 0.2) is 0 Å². The molecular formula is C8H18N2. The van der Waals surface area contributed by atoms with Crippen LogP contribution in [0.1, 0.15) is 33.1 Å². The first-order valence-corrected chi connectivity index (χ1v) is 4.22. The van der Waals surface area contributed by atoms with E-state index in [2.05, 4.69) is 19.2 Å². The maximum absolute atomic E-state index is 5.86. The van der Waals surface area contributed by atoms with Gasteiger partial charge >= 0.3 is 0 Å². The predicted octanol–water partition coefficient (Wildman–Crippen LogP) is 0.864. The van der Waals surface area contributed by atoms with E-state index in [9.17, 15) is 0 Å². The molecule has 2 nitrogen and oxygen atoms in total. The van der Waals surface area contributed by atoms with E-state index in [1.54, 1.807) is 0 Å². The van der Waals surface area contributed by atoms with Crippen LogP contribution < -0.4 is 11.1 Å². The van der Waals surface area contributed by atoms with Crippen LogP contribution in [0.2, 0.25) is 0 Å². The molecule has 0 amide bonds. The Labute approximate surface area is 63.2 Å². The van der Waals surface area contributed by atoms with E-state index in [-0.39, 0.29) is 0 Å². The van der Waals surface area contributed by atoms with E-state index >= 15 is 0 Å². The molecule has 0 bridgehead atoms. The van der Waals surface area contributed by atoms with Gasteiger partial charge in [-0.05, 0) is 12.8 Å². The molecule has 10 heavy (non-hydrogen) atoms. The van der Waals surface area contributed by atoms with Crippen LogP contribution in [0.4, 0.5) is 0 Å². The summed E-state index contributed by atoms with van der Waals surface area (Å²) in [6.45, 7) is 4.34. The molecule has 1 saturated carbocycles. The van der Waals surface area contributed by atoms with Gasteiger partial charge in [-0.3, -0.25) is 0 Å². The Morgan fingerprint density at radius 2 is 2.10 bits per heavy atom. The Kier molecular flexibility index (Phi) is 2.69. The highest BCUT2D eigenvalue weighted by Gasteiger charge is 2.23. The molecule has 1 fully saturated rings. The molecule has 1 rings (SSSR count). The minimum Gasteiger partial charge on any atom is -0.326 e. The summed E-state index contributed by atoms with van der Waals surface area (Å²) in [6, 6.07) is 1.57. The molecule has 0 saturated heterocycles. The number of hydrogen-bond donors (Lipinski definition) is 2. The molecular weight excluding hydrogens is 124 g/mol. The second kappa shape index (κ2) is 3.35. The Hall–Kier alpha value is -0.0800. The summed E-state index contributed by atoms with van der Waals surface area (Å²) in [5, 5.41) is 3.47. The SMILES string of the molecule is CC(C)N[C@H]1CCC[C@@H]1N. The first-order chi connectivity index (χ1) is 4.70. The van der Waals surface area contributed by atoms with E-state index in [1.807, 2.05) is 0 Å². The van der Waals surface area contributed by atoms with Gasteiger partial charge < -0.3 is 11.1 Å². The molecule has 3 N–H and O–H groups in total. The van der Waals surface area contributed by atoms with E-state index in [0.29, 0.717) is 18.1 Å². The molecule has 1 aliphatic rings. The van der Waals surface area contributed by atoms with E-state index in [4.69, 9.17) is 5.73 Å². The van der Waals surface area contributed by atoms with E-state index < -0.39 is 0 Å². The monoisotopic (exact) mass is 142 g/mol. The van der Waals surface area contributed by atoms with Crippen LogP contribution in [0, 0.1) is 0 Å². The summed E-state index contributed by atoms with van der Waals surface area (Å²) >= 11 is 0. The van der Waals surface area contributed by atoms with Crippen molar-refractivity contribution in [2.24, 2.45) is 5.73 Å². The van der Waals surface area contributed by atoms with Gasteiger partial charge in [0.15, 0.2) is 0 Å². The molecule has 0 radical (unpaired) electrons. The fourth-order valence-electron chi connectivity index (χ4n) is 1.62. The molecule has 0 aromatic rings. The van der Waals surface area contributed by atoms with Crippen LogP contribution in [0.3, 0.4) is 0 Å². The smallest absolute Gasteiger partial charge is 0.0221 e. The molecule has 0 unspecified atom stereocenters. The van der Waals surface area contributed by atoms with Crippen molar-refractivity contribution >= 4 is 0 Å². The van der Waals surface area contributed by atoms with E-state index in [1.165, 1.54) is 19.3 Å². The summed E-state index contributed by atoms with van der Waals surface area (Å²) in [6.07, 6.45) is 3.76. The van der Waals surface area contributed by atoms with Gasteiger partial charge in [0.25, 0.3) is 0 Å². The van der Waals surface area contributed by atoms with Crippen molar-refractivity contribution < 1.29 is 0 Å². The molecule has 2 atom stereocenters. The zero-order chi connectivity index (χ0) is 7.56. The number of nitrogens with two attached hydrogens (primary N) is 1. The van der Waals surface area contributed by atoms with Gasteiger partial charge in [0.1, 0.15) is 0 Å². The average molecular weight is 142 g/mol. The number of nitrogens with one attached hydrogen (secondary N) is 1. The standard InChI is InChI=1S/C8H18N2/c1-6(2)10-8-5-3-4-7(8)9/h6-8,10H,3-5,9H2,1-2H3/t7-,8-/m0/s1. The Bertz CT molecular complexity index is 101. The highest BCUT2D eigenvalue weighted by molar-refractivity contribution is 4.86. The summed E-state index contributed by atoms with van der Waals surface area (Å²) < 4.78 is 0. The minimum absolute atomic E-state index is 0.405. The molecule has 0 aliphatic heterocycles. The van der Waals surface area contributed by atoms with Gasteiger partial charge in [0.05, 0.1) is 0 Å². The lowest BCUT2D eigenvalue weighted by molar-refractivity contribution is 0.435. The fourth-order valence-corrected chi connectivity index (χ4v) is 1.62. The fraction of sp³-hybridized carbons (Fsp3) is 1.00. The first kappa shape index (κ1) is 8.02. The first-order valence-electron chi connectivity index (χ1n) is 4.22. The Morgan fingerprint density at radius 1 is 1.40 bits per heavy atom. The van der Waals surface area contributed by atoms with Crippen molar-refractivity contribution in [1.82, 2.24) is 5.32 Å². The maximum atomic E-state index is 5.86. The summed E-state index contributed by atoms with van der Waals surface area (Å²) in [7, 11) is 0. The average Bonchev–Trinajstić information content (AvgIpc) is 2.15. The van der Waals surface area contributed by atoms with Crippen molar-refractivity contribution in [3.05, 3.63) is 0 Å². The van der Waals surface area contributed by atoms with Gasteiger partial charge in [-0.15, -0.1) is 0 Å². The highest BCUT2D eigenvalue weighted by Crippen LogP contribution is 2.17. The maximum Gasteiger partial charge on any atom is 0.0221 e. The highest BCUT2D eigenvalue weighted by atomic mass is 15.0. The van der Waals surface area contributed by atoms with Crippen LogP contribution in [0.5, 0.6) is 0 Å². The molecule has 0 aromatic heterocycles. The molecule has 2 heteroatoms. The van der Waals surface area contributed by atoms with Crippen LogP contribution in [0.25, 0.3) is 0 Å². The third-order valence-electron chi connectivity index (χ3n) is 2.12. The molecule has 0 aromatic carbocycles. The van der Waals surface area contributed by atoms with Crippen molar-refractivity contribution in [3.8, 4) is 0 Å². The third-order valence-corrected chi connectivity index (χ3v) is 2.12. The quantitative estimate of drug-likeness (QED) is 0.600. The summed E-state index contributed by atoms with van der Waals surface area (Å²) in [5.41, 5.74) is 5.86. The van der Waals surface area contributed by atoms with Gasteiger partial charge in [0.2, 0.25) is 0 Å². The third kappa shape index (κ3) is 1.96. The second-order valence-corrected chi connectivity index (χ2v) is 3.52. The Morgan fingerprint density at radius 3 is 2.50 bits per heavy atom. The lowest BCUT2D eigenvalue weighted by Gasteiger charge is -2.19. The lowest BCUT2D eigenvalue weighted by Crippen LogP contribution is -2.43. The number of rotatable bonds is 2. The van der Waals surface area contributed by atoms with Crippen molar-refractivity contribution in [2.75, 3.05) is 0 Å². The zero-order valence-corrected chi connectivity index (χ0v) is 6.93. The molecule has 60 valence electrons. The van der Waals surface area contributed by atoms with Crippen molar-refractivity contribution in [3.63, 3.8) is 0 Å². The predicted molar refractivity (Wildman–Crippen MR) is 43.9 cm³/mol. The molecule has 0 spiro atoms. The normalized spacial score (nSPS) is 33.6. The minimum atomic E-state index is 0.405. The second-order valence-electron chi connectivity index (χ2n) is 3.52. The topological polar surface area (TPSA) is 38.0 Å². The summed E-state index contributed by atoms with van der Waals surface area (Å²) in [5.74, 6) is 0. The molecule has 0 heterocycles. The summed E-state index contributed by atoms with van der Waals surface area (Å²) in [4.78, 5) is 0. The van der Waals surface area contributed by atoms with Crippen LogP contribution >= 0.6 is 0 Å². The van der Waals surface area contributed by atoms with Crippen LogP contribution in [-0.2, 0) is 0 Å². The van der Waals surface area contributed by atoms with Crippen molar-refractivity contribution in [2.45, 2.75) is 51.2 Å². The van der Waals surface area contributed by atoms with Gasteiger partial charge in [-0.2, -0.15) is 0 Å². The van der Waals surface area contributed by atoms with E-state index in [0.717, 1.165) is 0 Å². The lowest BCUT2D eigenvalue weighted by atomic mass is 10.1. The van der Waals surface area contributed by atoms with Gasteiger partial charge in [-0.1, -0.05) is 20.3 Å². The zero-order valence-electron chi connectivity index (χ0n) is 6.93. The van der Waals surface area contributed by atoms with Gasteiger partial charge in [-0.25, -0.2) is 0 Å². The van der Waals surface area contributed by atoms with Crippen LogP contribution in [-0.4, -0.2) is 18.1 Å². The van der Waals surface area contributed by atoms with Crippen molar-refractivity contribution in [1.29, 1.82) is 0 Å².